The van der Waals surface area contributed by atoms with E-state index in [0.29, 0.717) is 13.1 Å². The molecule has 0 rings (SSSR count). The summed E-state index contributed by atoms with van der Waals surface area (Å²) in [5.41, 5.74) is 5.53. The Hall–Kier alpha value is -1.10. The van der Waals surface area contributed by atoms with Gasteiger partial charge in [0.25, 0.3) is 0 Å². The number of carbonyl (C=O) groups excluding carboxylic acids is 2. The minimum absolute atomic E-state index is 0.0145. The molecule has 0 aliphatic rings. The van der Waals surface area contributed by atoms with Gasteiger partial charge in [-0.05, 0) is 5.41 Å². The predicted molar refractivity (Wildman–Crippen MR) is 68.3 cm³/mol. The molecule has 0 aromatic carbocycles. The summed E-state index contributed by atoms with van der Waals surface area (Å²) in [7, 11) is 0. The summed E-state index contributed by atoms with van der Waals surface area (Å²) in [4.78, 5) is 22.9. The molecule has 1 atom stereocenters. The van der Waals surface area contributed by atoms with Crippen molar-refractivity contribution < 1.29 is 9.59 Å². The normalized spacial score (nSPS) is 13.4. The molecule has 17 heavy (non-hydrogen) atoms. The Morgan fingerprint density at radius 3 is 1.82 bits per heavy atom. The maximum absolute atomic E-state index is 11.6. The summed E-state index contributed by atoms with van der Waals surface area (Å²) in [5, 5.41) is 5.43. The first kappa shape index (κ1) is 15.9. The van der Waals surface area contributed by atoms with Crippen LogP contribution in [0.4, 0.5) is 0 Å². The van der Waals surface area contributed by atoms with E-state index in [-0.39, 0.29) is 23.1 Å². The van der Waals surface area contributed by atoms with Crippen LogP contribution in [0.1, 0.15) is 34.6 Å². The SMILES string of the molecule is CC(C)C(=O)NCCNC(=O)[C@H](N)C(C)(C)C. The zero-order valence-corrected chi connectivity index (χ0v) is 11.5. The monoisotopic (exact) mass is 243 g/mol. The number of nitrogens with one attached hydrogen (secondary N) is 2. The Balaban J connectivity index is 3.84. The van der Waals surface area contributed by atoms with Crippen molar-refractivity contribution in [1.82, 2.24) is 10.6 Å². The van der Waals surface area contributed by atoms with Crippen LogP contribution in [0.25, 0.3) is 0 Å². The Labute approximate surface area is 104 Å². The Morgan fingerprint density at radius 1 is 1.06 bits per heavy atom. The van der Waals surface area contributed by atoms with Crippen molar-refractivity contribution >= 4 is 11.8 Å². The molecule has 0 aromatic heterocycles. The number of rotatable bonds is 5. The minimum Gasteiger partial charge on any atom is -0.354 e. The maximum Gasteiger partial charge on any atom is 0.237 e. The fourth-order valence-electron chi connectivity index (χ4n) is 1.08. The van der Waals surface area contributed by atoms with Gasteiger partial charge in [-0.25, -0.2) is 0 Å². The molecule has 0 unspecified atom stereocenters. The second-order valence-electron chi connectivity index (χ2n) is 5.58. The van der Waals surface area contributed by atoms with Crippen LogP contribution < -0.4 is 16.4 Å². The topological polar surface area (TPSA) is 84.2 Å². The van der Waals surface area contributed by atoms with E-state index < -0.39 is 6.04 Å². The van der Waals surface area contributed by atoms with Gasteiger partial charge in [0.2, 0.25) is 11.8 Å². The fraction of sp³-hybridized carbons (Fsp3) is 0.833. The summed E-state index contributed by atoms with van der Waals surface area (Å²) in [6, 6.07) is -0.539. The van der Waals surface area contributed by atoms with E-state index in [4.69, 9.17) is 5.73 Å². The smallest absolute Gasteiger partial charge is 0.237 e. The summed E-state index contributed by atoms with van der Waals surface area (Å²) in [5.74, 6) is -0.238. The fourth-order valence-corrected chi connectivity index (χ4v) is 1.08. The quantitative estimate of drug-likeness (QED) is 0.605. The molecule has 0 spiro atoms. The Kier molecular flexibility index (Phi) is 6.16. The number of hydrogen-bond donors (Lipinski definition) is 3. The van der Waals surface area contributed by atoms with Crippen molar-refractivity contribution in [2.45, 2.75) is 40.7 Å². The van der Waals surface area contributed by atoms with Gasteiger partial charge < -0.3 is 16.4 Å². The first-order valence-corrected chi connectivity index (χ1v) is 5.97. The van der Waals surface area contributed by atoms with Crippen LogP contribution in [0.5, 0.6) is 0 Å². The first-order chi connectivity index (χ1) is 7.66. The third kappa shape index (κ3) is 6.26. The Morgan fingerprint density at radius 2 is 1.47 bits per heavy atom. The van der Waals surface area contributed by atoms with Crippen LogP contribution in [-0.4, -0.2) is 30.9 Å². The third-order valence-electron chi connectivity index (χ3n) is 2.46. The molecule has 2 amide bonds. The molecule has 0 heterocycles. The molecule has 0 aromatic rings. The van der Waals surface area contributed by atoms with Crippen LogP contribution in [0.15, 0.2) is 0 Å². The lowest BCUT2D eigenvalue weighted by atomic mass is 9.87. The van der Waals surface area contributed by atoms with Crippen molar-refractivity contribution in [3.05, 3.63) is 0 Å². The number of hydrogen-bond acceptors (Lipinski definition) is 3. The molecule has 5 heteroatoms. The molecule has 0 bridgehead atoms. The summed E-state index contributed by atoms with van der Waals surface area (Å²) in [6.07, 6.45) is 0. The average Bonchev–Trinajstić information content (AvgIpc) is 2.20. The number of nitrogens with two attached hydrogens (primary N) is 1. The van der Waals surface area contributed by atoms with Crippen molar-refractivity contribution in [3.8, 4) is 0 Å². The summed E-state index contributed by atoms with van der Waals surface area (Å²) < 4.78 is 0. The molecule has 0 saturated carbocycles. The van der Waals surface area contributed by atoms with E-state index in [2.05, 4.69) is 10.6 Å². The zero-order chi connectivity index (χ0) is 13.6. The lowest BCUT2D eigenvalue weighted by molar-refractivity contribution is -0.126. The van der Waals surface area contributed by atoms with Gasteiger partial charge in [-0.15, -0.1) is 0 Å². The van der Waals surface area contributed by atoms with Gasteiger partial charge in [0.05, 0.1) is 6.04 Å². The Bertz CT molecular complexity index is 269. The number of carbonyl (C=O) groups is 2. The lowest BCUT2D eigenvalue weighted by Crippen LogP contribution is -2.50. The molecule has 0 aliphatic heterocycles. The summed E-state index contributed by atoms with van der Waals surface area (Å²) in [6.45, 7) is 10.2. The van der Waals surface area contributed by atoms with Gasteiger partial charge >= 0.3 is 0 Å². The van der Waals surface area contributed by atoms with Gasteiger partial charge in [-0.3, -0.25) is 9.59 Å². The van der Waals surface area contributed by atoms with E-state index in [1.54, 1.807) is 0 Å². The van der Waals surface area contributed by atoms with Crippen LogP contribution in [0.3, 0.4) is 0 Å². The maximum atomic E-state index is 11.6. The molecular formula is C12H25N3O2. The van der Waals surface area contributed by atoms with Crippen LogP contribution in [-0.2, 0) is 9.59 Å². The van der Waals surface area contributed by atoms with Crippen molar-refractivity contribution in [2.75, 3.05) is 13.1 Å². The highest BCUT2D eigenvalue weighted by molar-refractivity contribution is 5.82. The van der Waals surface area contributed by atoms with E-state index in [0.717, 1.165) is 0 Å². The second-order valence-corrected chi connectivity index (χ2v) is 5.58. The molecule has 4 N–H and O–H groups in total. The van der Waals surface area contributed by atoms with Crippen LogP contribution >= 0.6 is 0 Å². The van der Waals surface area contributed by atoms with E-state index in [1.807, 2.05) is 34.6 Å². The van der Waals surface area contributed by atoms with Crippen molar-refractivity contribution in [1.29, 1.82) is 0 Å². The van der Waals surface area contributed by atoms with E-state index >= 15 is 0 Å². The molecule has 100 valence electrons. The minimum atomic E-state index is -0.539. The van der Waals surface area contributed by atoms with E-state index in [9.17, 15) is 9.59 Å². The van der Waals surface area contributed by atoms with Gasteiger partial charge in [-0.1, -0.05) is 34.6 Å². The van der Waals surface area contributed by atoms with Crippen molar-refractivity contribution in [2.24, 2.45) is 17.1 Å². The highest BCUT2D eigenvalue weighted by Gasteiger charge is 2.26. The van der Waals surface area contributed by atoms with Crippen LogP contribution in [0.2, 0.25) is 0 Å². The van der Waals surface area contributed by atoms with E-state index in [1.165, 1.54) is 0 Å². The first-order valence-electron chi connectivity index (χ1n) is 5.97. The molecule has 0 radical (unpaired) electrons. The predicted octanol–water partition coefficient (Wildman–Crippen LogP) is 0.248. The lowest BCUT2D eigenvalue weighted by Gasteiger charge is -2.25. The number of amides is 2. The molecule has 0 aliphatic carbocycles. The van der Waals surface area contributed by atoms with Crippen molar-refractivity contribution in [3.63, 3.8) is 0 Å². The highest BCUT2D eigenvalue weighted by Crippen LogP contribution is 2.16. The average molecular weight is 243 g/mol. The van der Waals surface area contributed by atoms with Gasteiger partial charge in [0.15, 0.2) is 0 Å². The third-order valence-corrected chi connectivity index (χ3v) is 2.46. The van der Waals surface area contributed by atoms with Crippen LogP contribution in [0, 0.1) is 11.3 Å². The highest BCUT2D eigenvalue weighted by atomic mass is 16.2. The molecule has 0 saturated heterocycles. The van der Waals surface area contributed by atoms with Gasteiger partial charge in [-0.2, -0.15) is 0 Å². The second kappa shape index (κ2) is 6.59. The summed E-state index contributed by atoms with van der Waals surface area (Å²) >= 11 is 0. The largest absolute Gasteiger partial charge is 0.354 e. The molecule has 5 nitrogen and oxygen atoms in total. The zero-order valence-electron chi connectivity index (χ0n) is 11.5. The standard InChI is InChI=1S/C12H25N3O2/c1-8(2)10(16)14-6-7-15-11(17)9(13)12(3,4)5/h8-9H,6-7,13H2,1-5H3,(H,14,16)(H,15,17)/t9-/m0/s1. The molecular weight excluding hydrogens is 218 g/mol. The van der Waals surface area contributed by atoms with Gasteiger partial charge in [0.1, 0.15) is 0 Å². The van der Waals surface area contributed by atoms with Gasteiger partial charge in [0, 0.05) is 19.0 Å². The molecule has 0 fully saturated rings.